The molecule has 3 heteroatoms. The van der Waals surface area contributed by atoms with Crippen molar-refractivity contribution >= 4 is 24.3 Å². The van der Waals surface area contributed by atoms with Crippen molar-refractivity contribution in [2.75, 3.05) is 0 Å². The van der Waals surface area contributed by atoms with E-state index in [1.165, 1.54) is 0 Å². The van der Waals surface area contributed by atoms with E-state index in [0.717, 1.165) is 0 Å². The van der Waals surface area contributed by atoms with Crippen LogP contribution in [0.25, 0.3) is 0 Å². The number of hydrogen-bond acceptors (Lipinski definition) is 2. The summed E-state index contributed by atoms with van der Waals surface area (Å²) in [5.41, 5.74) is 0.578. The van der Waals surface area contributed by atoms with Crippen LogP contribution in [0.5, 0.6) is 0 Å². The average molecular weight is 311 g/mol. The van der Waals surface area contributed by atoms with Gasteiger partial charge in [0.15, 0.2) is 0 Å². The van der Waals surface area contributed by atoms with Crippen molar-refractivity contribution in [3.05, 3.63) is 46.2 Å². The zero-order valence-electron chi connectivity index (χ0n) is 9.41. The van der Waals surface area contributed by atoms with Crippen molar-refractivity contribution in [1.82, 2.24) is 0 Å². The van der Waals surface area contributed by atoms with E-state index in [4.69, 9.17) is 4.74 Å². The Balaban J connectivity index is 2.70. The Hall–Kier alpha value is -0.771. The molecule has 0 aliphatic heterocycles. The number of esters is 1. The summed E-state index contributed by atoms with van der Waals surface area (Å²) in [5, 5.41) is 0. The molecule has 0 saturated carbocycles. The van der Waals surface area contributed by atoms with Gasteiger partial charge in [-0.2, -0.15) is 0 Å². The van der Waals surface area contributed by atoms with Crippen LogP contribution in [0.2, 0.25) is 14.8 Å². The number of carbonyl (C=O) groups excluding carboxylic acids is 1. The normalized spacial score (nSPS) is 10.9. The van der Waals surface area contributed by atoms with Gasteiger partial charge in [0, 0.05) is 0 Å². The molecule has 0 unspecified atom stereocenters. The molecule has 0 radical (unpaired) electrons. The third-order valence-electron chi connectivity index (χ3n) is 2.06. The van der Waals surface area contributed by atoms with E-state index in [-0.39, 0.29) is 5.97 Å². The van der Waals surface area contributed by atoms with Crippen molar-refractivity contribution < 1.29 is 9.53 Å². The summed E-state index contributed by atoms with van der Waals surface area (Å²) < 4.78 is 5.95. The molecule has 0 heterocycles. The van der Waals surface area contributed by atoms with Crippen LogP contribution >= 0.6 is 0 Å². The van der Waals surface area contributed by atoms with Gasteiger partial charge in [0.25, 0.3) is 0 Å². The first-order valence-electron chi connectivity index (χ1n) is 4.88. The molecule has 1 aromatic carbocycles. The number of hydrogen-bond donors (Lipinski definition) is 0. The van der Waals surface area contributed by atoms with Gasteiger partial charge in [-0.05, 0) is 0 Å². The van der Waals surface area contributed by atoms with Gasteiger partial charge >= 0.3 is 94.9 Å². The molecule has 0 aliphatic rings. The molecule has 0 aliphatic carbocycles. The van der Waals surface area contributed by atoms with Gasteiger partial charge in [-0.15, -0.1) is 0 Å². The molecule has 80 valence electrons. The molecule has 1 rings (SSSR count). The maximum absolute atomic E-state index is 11.7. The summed E-state index contributed by atoms with van der Waals surface area (Å²) in [5.74, 6) is -0.299. The van der Waals surface area contributed by atoms with Crippen molar-refractivity contribution in [2.45, 2.75) is 14.8 Å². The minimum atomic E-state index is -2.30. The van der Waals surface area contributed by atoms with E-state index >= 15 is 0 Å². The van der Waals surface area contributed by atoms with E-state index in [2.05, 4.69) is 21.4 Å². The van der Waals surface area contributed by atoms with Crippen molar-refractivity contribution in [3.63, 3.8) is 0 Å². The molecule has 0 atom stereocenters. The van der Waals surface area contributed by atoms with E-state index in [1.54, 1.807) is 12.1 Å². The topological polar surface area (TPSA) is 26.3 Å². The third kappa shape index (κ3) is 3.70. The van der Waals surface area contributed by atoms with Crippen LogP contribution in [0.3, 0.4) is 0 Å². The second kappa shape index (κ2) is 4.83. The van der Waals surface area contributed by atoms with Gasteiger partial charge in [0.05, 0.1) is 0 Å². The van der Waals surface area contributed by atoms with Crippen LogP contribution < -0.4 is 0 Å². The maximum atomic E-state index is 11.7. The van der Waals surface area contributed by atoms with Crippen molar-refractivity contribution in [2.24, 2.45) is 0 Å². The molecule has 1 aromatic rings. The summed E-state index contributed by atoms with van der Waals surface area (Å²) >= 11 is -2.30. The first-order valence-corrected chi connectivity index (χ1v) is 14.9. The fourth-order valence-corrected chi connectivity index (χ4v) is 2.04. The van der Waals surface area contributed by atoms with Crippen LogP contribution in [-0.2, 0) is 4.74 Å². The molecule has 0 fully saturated rings. The van der Waals surface area contributed by atoms with Gasteiger partial charge in [-0.25, -0.2) is 0 Å². The standard InChI is InChI=1S/C9H7O2.3CH3.Sn/c1-2-11-9(10)8-6-4-3-5-7-8;;;;/h3-7H,1H2;3*1H3;. The van der Waals surface area contributed by atoms with E-state index in [0.29, 0.717) is 9.34 Å². The first-order chi connectivity index (χ1) is 6.91. The number of rotatable bonds is 3. The Labute approximate surface area is 94.8 Å². The summed E-state index contributed by atoms with van der Waals surface area (Å²) in [6, 6.07) is 9.00. The van der Waals surface area contributed by atoms with Crippen LogP contribution in [-0.4, -0.2) is 24.3 Å². The summed E-state index contributed by atoms with van der Waals surface area (Å²) in [4.78, 5) is 18.1. The van der Waals surface area contributed by atoms with Gasteiger partial charge in [0.2, 0.25) is 0 Å². The zero-order valence-corrected chi connectivity index (χ0v) is 12.3. The molecule has 0 aromatic heterocycles. The molecule has 0 bridgehead atoms. The molecule has 0 spiro atoms. The molecule has 2 nitrogen and oxygen atoms in total. The SMILES string of the molecule is C=[C](OC(=O)c1ccccc1)[Sn]([CH3])([CH3])[CH3]. The Morgan fingerprint density at radius 3 is 2.20 bits per heavy atom. The van der Waals surface area contributed by atoms with Gasteiger partial charge in [0.1, 0.15) is 0 Å². The Bertz CT molecular complexity index is 363. The molecular weight excluding hydrogens is 295 g/mol. The van der Waals surface area contributed by atoms with Crippen LogP contribution in [0.1, 0.15) is 10.4 Å². The van der Waals surface area contributed by atoms with Crippen molar-refractivity contribution in [1.29, 1.82) is 0 Å². The monoisotopic (exact) mass is 312 g/mol. The Morgan fingerprint density at radius 1 is 1.20 bits per heavy atom. The minimum absolute atomic E-state index is 0.299. The summed E-state index contributed by atoms with van der Waals surface area (Å²) in [6.07, 6.45) is 0. The molecule has 0 saturated heterocycles. The quantitative estimate of drug-likeness (QED) is 0.487. The van der Waals surface area contributed by atoms with Crippen LogP contribution in [0.15, 0.2) is 40.7 Å². The van der Waals surface area contributed by atoms with E-state index in [1.807, 2.05) is 18.2 Å². The summed E-state index contributed by atoms with van der Waals surface area (Å²) in [6.45, 7) is 3.84. The van der Waals surface area contributed by atoms with Crippen LogP contribution in [0, 0.1) is 0 Å². The Kier molecular flexibility index (Phi) is 3.96. The van der Waals surface area contributed by atoms with Crippen LogP contribution in [0.4, 0.5) is 0 Å². The van der Waals surface area contributed by atoms with Gasteiger partial charge < -0.3 is 0 Å². The summed E-state index contributed by atoms with van der Waals surface area (Å²) in [7, 11) is 0. The zero-order chi connectivity index (χ0) is 11.5. The second-order valence-electron chi connectivity index (χ2n) is 4.43. The first kappa shape index (κ1) is 12.3. The molecular formula is C12H16O2Sn. The average Bonchev–Trinajstić information content (AvgIpc) is 2.17. The fourth-order valence-electron chi connectivity index (χ4n) is 0.898. The van der Waals surface area contributed by atoms with E-state index < -0.39 is 18.4 Å². The number of benzene rings is 1. The predicted octanol–water partition coefficient (Wildman–Crippen LogP) is 3.23. The second-order valence-corrected chi connectivity index (χ2v) is 18.9. The number of ether oxygens (including phenoxy) is 1. The fraction of sp³-hybridized carbons (Fsp3) is 0.250. The van der Waals surface area contributed by atoms with E-state index in [9.17, 15) is 4.79 Å². The van der Waals surface area contributed by atoms with Crippen molar-refractivity contribution in [3.8, 4) is 0 Å². The molecule has 0 N–H and O–H groups in total. The molecule has 15 heavy (non-hydrogen) atoms. The predicted molar refractivity (Wildman–Crippen MR) is 64.3 cm³/mol. The third-order valence-corrected chi connectivity index (χ3v) is 7.13. The van der Waals surface area contributed by atoms with Gasteiger partial charge in [-0.1, -0.05) is 0 Å². The Morgan fingerprint density at radius 2 is 1.73 bits per heavy atom. The molecule has 0 amide bonds. The number of carbonyl (C=O) groups is 1. The van der Waals surface area contributed by atoms with Gasteiger partial charge in [-0.3, -0.25) is 0 Å².